The van der Waals surface area contributed by atoms with Crippen molar-refractivity contribution in [3.8, 4) is 0 Å². The average molecular weight is 213 g/mol. The average Bonchev–Trinajstić information content (AvgIpc) is 2.23. The van der Waals surface area contributed by atoms with Crippen LogP contribution in [0.25, 0.3) is 0 Å². The number of benzene rings is 1. The molecule has 1 nitrogen and oxygen atoms in total. The lowest BCUT2D eigenvalue weighted by Crippen LogP contribution is -2.17. The fourth-order valence-corrected chi connectivity index (χ4v) is 1.39. The van der Waals surface area contributed by atoms with E-state index in [-0.39, 0.29) is 12.1 Å². The highest BCUT2D eigenvalue weighted by Gasteiger charge is 2.10. The van der Waals surface area contributed by atoms with Crippen molar-refractivity contribution in [2.75, 3.05) is 6.54 Å². The van der Waals surface area contributed by atoms with Gasteiger partial charge in [-0.15, -0.1) is 0 Å². The first-order chi connectivity index (χ1) is 7.16. The molecule has 0 aromatic heterocycles. The first-order valence-electron chi connectivity index (χ1n) is 5.31. The maximum Gasteiger partial charge on any atom is 0.133 e. The van der Waals surface area contributed by atoms with E-state index in [1.807, 2.05) is 0 Å². The molecule has 0 unspecified atom stereocenters. The van der Waals surface area contributed by atoms with Crippen LogP contribution in [-0.4, -0.2) is 6.54 Å². The van der Waals surface area contributed by atoms with Gasteiger partial charge in [-0.2, -0.15) is 0 Å². The van der Waals surface area contributed by atoms with Gasteiger partial charge >= 0.3 is 0 Å². The molecule has 1 rings (SSSR count). The van der Waals surface area contributed by atoms with Crippen LogP contribution in [0.2, 0.25) is 0 Å². The van der Waals surface area contributed by atoms with Crippen LogP contribution in [0.3, 0.4) is 0 Å². The minimum atomic E-state index is -0.470. The number of hydrogen-bond donors (Lipinski definition) is 1. The van der Waals surface area contributed by atoms with Gasteiger partial charge in [0.1, 0.15) is 11.6 Å². The molecule has 0 radical (unpaired) electrons. The molecular formula is C12H17F2N. The Kier molecular flexibility index (Phi) is 4.69. The Morgan fingerprint density at radius 3 is 2.67 bits per heavy atom. The molecule has 0 fully saturated rings. The lowest BCUT2D eigenvalue weighted by atomic mass is 10.1. The number of unbranched alkanes of at least 4 members (excludes halogenated alkanes) is 1. The van der Waals surface area contributed by atoms with Gasteiger partial charge in [-0.3, -0.25) is 0 Å². The minimum Gasteiger partial charge on any atom is -0.312 e. The van der Waals surface area contributed by atoms with E-state index in [4.69, 9.17) is 0 Å². The Balaban J connectivity index is 2.63. The first kappa shape index (κ1) is 12.1. The molecule has 0 aliphatic rings. The van der Waals surface area contributed by atoms with Crippen LogP contribution in [0.5, 0.6) is 0 Å². The van der Waals surface area contributed by atoms with Crippen molar-refractivity contribution in [1.29, 1.82) is 0 Å². The monoisotopic (exact) mass is 213 g/mol. The highest BCUT2D eigenvalue weighted by molar-refractivity contribution is 5.26. The first-order valence-corrected chi connectivity index (χ1v) is 5.31. The minimum absolute atomic E-state index is 0.145. The fourth-order valence-electron chi connectivity index (χ4n) is 1.39. The summed E-state index contributed by atoms with van der Waals surface area (Å²) in [5.41, 5.74) is 0.634. The van der Waals surface area contributed by atoms with Gasteiger partial charge in [-0.1, -0.05) is 19.4 Å². The third kappa shape index (κ3) is 3.27. The third-order valence-electron chi connectivity index (χ3n) is 2.39. The molecule has 0 aliphatic carbocycles. The lowest BCUT2D eigenvalue weighted by Gasteiger charge is -2.08. The van der Waals surface area contributed by atoms with Crippen molar-refractivity contribution in [3.05, 3.63) is 34.9 Å². The van der Waals surface area contributed by atoms with Crippen LogP contribution in [0, 0.1) is 18.6 Å². The largest absolute Gasteiger partial charge is 0.312 e. The topological polar surface area (TPSA) is 12.0 Å². The van der Waals surface area contributed by atoms with Crippen LogP contribution >= 0.6 is 0 Å². The zero-order valence-corrected chi connectivity index (χ0v) is 9.24. The van der Waals surface area contributed by atoms with E-state index in [2.05, 4.69) is 12.2 Å². The molecule has 1 aromatic carbocycles. The zero-order valence-electron chi connectivity index (χ0n) is 9.24. The molecular weight excluding hydrogens is 196 g/mol. The Bertz CT molecular complexity index is 324. The lowest BCUT2D eigenvalue weighted by molar-refractivity contribution is 0.527. The van der Waals surface area contributed by atoms with E-state index in [1.54, 1.807) is 6.92 Å². The number of hydrogen-bond acceptors (Lipinski definition) is 1. The standard InChI is InChI=1S/C12H17F2N/c1-3-4-7-15-8-10-11(13)6-5-9(2)12(10)14/h5-6,15H,3-4,7-8H2,1-2H3. The van der Waals surface area contributed by atoms with Crippen molar-refractivity contribution in [1.82, 2.24) is 5.32 Å². The molecule has 0 atom stereocenters. The van der Waals surface area contributed by atoms with Crippen LogP contribution in [0.15, 0.2) is 12.1 Å². The smallest absolute Gasteiger partial charge is 0.133 e. The van der Waals surface area contributed by atoms with Gasteiger partial charge in [0, 0.05) is 12.1 Å². The van der Waals surface area contributed by atoms with E-state index in [0.717, 1.165) is 19.4 Å². The van der Waals surface area contributed by atoms with Gasteiger partial charge in [-0.05, 0) is 31.5 Å². The van der Waals surface area contributed by atoms with Crippen molar-refractivity contribution >= 4 is 0 Å². The Morgan fingerprint density at radius 2 is 2.00 bits per heavy atom. The molecule has 84 valence electrons. The van der Waals surface area contributed by atoms with Gasteiger partial charge < -0.3 is 5.32 Å². The maximum atomic E-state index is 13.5. The zero-order chi connectivity index (χ0) is 11.3. The predicted octanol–water partition coefficient (Wildman–Crippen LogP) is 3.16. The van der Waals surface area contributed by atoms with E-state index >= 15 is 0 Å². The van der Waals surface area contributed by atoms with Crippen LogP contribution in [0.4, 0.5) is 8.78 Å². The van der Waals surface area contributed by atoms with Gasteiger partial charge in [0.25, 0.3) is 0 Å². The van der Waals surface area contributed by atoms with Gasteiger partial charge in [-0.25, -0.2) is 8.78 Å². The maximum absolute atomic E-state index is 13.5. The molecule has 0 spiro atoms. The molecule has 0 aliphatic heterocycles. The second-order valence-electron chi connectivity index (χ2n) is 3.69. The molecule has 0 saturated heterocycles. The third-order valence-corrected chi connectivity index (χ3v) is 2.39. The molecule has 1 N–H and O–H groups in total. The number of aryl methyl sites for hydroxylation is 1. The highest BCUT2D eigenvalue weighted by Crippen LogP contribution is 2.15. The molecule has 0 bridgehead atoms. The Morgan fingerprint density at radius 1 is 1.27 bits per heavy atom. The summed E-state index contributed by atoms with van der Waals surface area (Å²) < 4.78 is 26.8. The summed E-state index contributed by atoms with van der Waals surface area (Å²) in [6.07, 6.45) is 2.10. The molecule has 3 heteroatoms. The molecule has 0 saturated carbocycles. The summed E-state index contributed by atoms with van der Waals surface area (Å²) in [4.78, 5) is 0. The number of halogens is 2. The number of rotatable bonds is 5. The van der Waals surface area contributed by atoms with Gasteiger partial charge in [0.2, 0.25) is 0 Å². The van der Waals surface area contributed by atoms with Gasteiger partial charge in [0.05, 0.1) is 0 Å². The normalized spacial score (nSPS) is 10.7. The summed E-state index contributed by atoms with van der Waals surface area (Å²) in [5, 5.41) is 3.03. The predicted molar refractivity (Wildman–Crippen MR) is 57.7 cm³/mol. The molecule has 15 heavy (non-hydrogen) atoms. The summed E-state index contributed by atoms with van der Waals surface area (Å²) in [6, 6.07) is 2.77. The van der Waals surface area contributed by atoms with Crippen molar-refractivity contribution < 1.29 is 8.78 Å². The van der Waals surface area contributed by atoms with E-state index in [9.17, 15) is 8.78 Å². The van der Waals surface area contributed by atoms with Crippen molar-refractivity contribution in [2.45, 2.75) is 33.2 Å². The summed E-state index contributed by atoms with van der Waals surface area (Å²) >= 11 is 0. The molecule has 1 aromatic rings. The fraction of sp³-hybridized carbons (Fsp3) is 0.500. The van der Waals surface area contributed by atoms with E-state index in [0.29, 0.717) is 5.56 Å². The van der Waals surface area contributed by atoms with E-state index in [1.165, 1.54) is 12.1 Å². The van der Waals surface area contributed by atoms with Crippen molar-refractivity contribution in [3.63, 3.8) is 0 Å². The van der Waals surface area contributed by atoms with Crippen molar-refractivity contribution in [2.24, 2.45) is 0 Å². The second kappa shape index (κ2) is 5.81. The van der Waals surface area contributed by atoms with E-state index < -0.39 is 11.6 Å². The van der Waals surface area contributed by atoms with Crippen LogP contribution in [0.1, 0.15) is 30.9 Å². The SMILES string of the molecule is CCCCNCc1c(F)ccc(C)c1F. The molecule has 0 amide bonds. The quantitative estimate of drug-likeness (QED) is 0.741. The molecule has 0 heterocycles. The summed E-state index contributed by atoms with van der Waals surface area (Å²) in [6.45, 7) is 4.78. The summed E-state index contributed by atoms with van der Waals surface area (Å²) in [7, 11) is 0. The summed E-state index contributed by atoms with van der Waals surface area (Å²) in [5.74, 6) is -0.902. The Labute approximate surface area is 89.5 Å². The highest BCUT2D eigenvalue weighted by atomic mass is 19.1. The second-order valence-corrected chi connectivity index (χ2v) is 3.69. The Hall–Kier alpha value is -0.960. The van der Waals surface area contributed by atoms with Crippen LogP contribution < -0.4 is 5.32 Å². The van der Waals surface area contributed by atoms with Crippen LogP contribution in [-0.2, 0) is 6.54 Å². The van der Waals surface area contributed by atoms with Gasteiger partial charge in [0.15, 0.2) is 0 Å². The number of nitrogens with one attached hydrogen (secondary N) is 1.